The lowest BCUT2D eigenvalue weighted by Gasteiger charge is -2.37. The van der Waals surface area contributed by atoms with Crippen molar-refractivity contribution in [3.63, 3.8) is 0 Å². The third-order valence-corrected chi connectivity index (χ3v) is 6.82. The van der Waals surface area contributed by atoms with Crippen LogP contribution >= 0.6 is 11.6 Å². The highest BCUT2D eigenvalue weighted by Gasteiger charge is 2.67. The molecular formula is C21H18ClNO5. The highest BCUT2D eigenvalue weighted by Crippen LogP contribution is 2.65. The predicted octanol–water partition coefficient (Wildman–Crippen LogP) is 2.12. The molecular weight excluding hydrogens is 382 g/mol. The Morgan fingerprint density at radius 3 is 2.14 bits per heavy atom. The summed E-state index contributed by atoms with van der Waals surface area (Å²) in [5.41, 5.74) is 0.374. The standard InChI is InChI=1S/C21H18ClNO5/c22-11-3-1-10(2-4-11)16(24)9-28-17(25)8-23-20(26)18-12-5-6-13(15-7-14(12)15)19(18)21(23)27/h1-6,12-15,18-19H,7-9H2/t12-,13+,14-,15-,18+,19+/m1/s1. The zero-order valence-corrected chi connectivity index (χ0v) is 15.7. The van der Waals surface area contributed by atoms with Gasteiger partial charge in [-0.2, -0.15) is 0 Å². The van der Waals surface area contributed by atoms with Gasteiger partial charge < -0.3 is 4.74 Å². The summed E-state index contributed by atoms with van der Waals surface area (Å²) in [6, 6.07) is 6.25. The number of hydrogen-bond donors (Lipinski definition) is 0. The molecule has 1 heterocycles. The number of nitrogens with zero attached hydrogens (tertiary/aromatic N) is 1. The molecule has 4 aliphatic carbocycles. The van der Waals surface area contributed by atoms with Gasteiger partial charge in [0, 0.05) is 10.6 Å². The van der Waals surface area contributed by atoms with Crippen molar-refractivity contribution in [1.29, 1.82) is 0 Å². The second-order valence-electron chi connectivity index (χ2n) is 8.01. The highest BCUT2D eigenvalue weighted by atomic mass is 35.5. The molecule has 1 aliphatic heterocycles. The molecule has 7 heteroatoms. The first-order chi connectivity index (χ1) is 13.5. The molecule has 0 spiro atoms. The molecule has 6 nitrogen and oxygen atoms in total. The van der Waals surface area contributed by atoms with E-state index in [2.05, 4.69) is 12.2 Å². The second kappa shape index (κ2) is 6.27. The van der Waals surface area contributed by atoms with Gasteiger partial charge in [-0.25, -0.2) is 0 Å². The van der Waals surface area contributed by atoms with Crippen LogP contribution in [0.2, 0.25) is 5.02 Å². The molecule has 2 bridgehead atoms. The number of hydrogen-bond acceptors (Lipinski definition) is 5. The third-order valence-electron chi connectivity index (χ3n) is 6.57. The number of ketones is 1. The molecule has 3 fully saturated rings. The molecule has 1 saturated heterocycles. The van der Waals surface area contributed by atoms with Gasteiger partial charge >= 0.3 is 5.97 Å². The van der Waals surface area contributed by atoms with Crippen LogP contribution in [-0.2, 0) is 19.1 Å². The van der Waals surface area contributed by atoms with Crippen molar-refractivity contribution in [1.82, 2.24) is 4.90 Å². The molecule has 0 radical (unpaired) electrons. The topological polar surface area (TPSA) is 80.8 Å². The Balaban J connectivity index is 1.21. The van der Waals surface area contributed by atoms with Gasteiger partial charge in [-0.3, -0.25) is 24.1 Å². The van der Waals surface area contributed by atoms with Gasteiger partial charge in [0.15, 0.2) is 12.4 Å². The number of carbonyl (C=O) groups is 4. The van der Waals surface area contributed by atoms with Crippen LogP contribution in [0.5, 0.6) is 0 Å². The van der Waals surface area contributed by atoms with Crippen LogP contribution < -0.4 is 0 Å². The molecule has 2 amide bonds. The lowest BCUT2D eigenvalue weighted by atomic mass is 9.63. The van der Waals surface area contributed by atoms with E-state index in [1.807, 2.05) is 0 Å². The fourth-order valence-electron chi connectivity index (χ4n) is 5.21. The summed E-state index contributed by atoms with van der Waals surface area (Å²) in [6.07, 6.45) is 5.25. The molecule has 2 saturated carbocycles. The Morgan fingerprint density at radius 2 is 1.57 bits per heavy atom. The number of halogens is 1. The molecule has 6 atom stereocenters. The lowest BCUT2D eigenvalue weighted by molar-refractivity contribution is -0.152. The largest absolute Gasteiger partial charge is 0.456 e. The number of ether oxygens (including phenoxy) is 1. The van der Waals surface area contributed by atoms with E-state index in [9.17, 15) is 19.2 Å². The minimum absolute atomic E-state index is 0.115. The Hall–Kier alpha value is -2.47. The first-order valence-corrected chi connectivity index (χ1v) is 9.81. The van der Waals surface area contributed by atoms with Gasteiger partial charge in [-0.1, -0.05) is 23.8 Å². The van der Waals surface area contributed by atoms with E-state index >= 15 is 0 Å². The monoisotopic (exact) mass is 399 g/mol. The number of amides is 2. The van der Waals surface area contributed by atoms with Crippen molar-refractivity contribution >= 4 is 35.2 Å². The maximum Gasteiger partial charge on any atom is 0.326 e. The number of benzene rings is 1. The van der Waals surface area contributed by atoms with Gasteiger partial charge in [0.1, 0.15) is 6.54 Å². The van der Waals surface area contributed by atoms with E-state index in [1.54, 1.807) is 24.3 Å². The number of allylic oxidation sites excluding steroid dienone is 2. The Bertz CT molecular complexity index is 887. The normalized spacial score (nSPS) is 34.2. The first kappa shape index (κ1) is 17.6. The van der Waals surface area contributed by atoms with Crippen molar-refractivity contribution in [3.8, 4) is 0 Å². The van der Waals surface area contributed by atoms with Crippen molar-refractivity contribution in [2.45, 2.75) is 6.42 Å². The van der Waals surface area contributed by atoms with Crippen LogP contribution in [0.1, 0.15) is 16.8 Å². The minimum atomic E-state index is -0.756. The Morgan fingerprint density at radius 1 is 1.00 bits per heavy atom. The van der Waals surface area contributed by atoms with Crippen molar-refractivity contribution in [2.24, 2.45) is 35.5 Å². The van der Waals surface area contributed by atoms with E-state index < -0.39 is 19.1 Å². The van der Waals surface area contributed by atoms with Crippen molar-refractivity contribution in [3.05, 3.63) is 47.0 Å². The molecule has 1 aromatic rings. The Labute approximate surface area is 166 Å². The van der Waals surface area contributed by atoms with E-state index in [4.69, 9.17) is 16.3 Å². The maximum absolute atomic E-state index is 12.8. The summed E-state index contributed by atoms with van der Waals surface area (Å²) in [5.74, 6) is -1.11. The highest BCUT2D eigenvalue weighted by molar-refractivity contribution is 6.30. The van der Waals surface area contributed by atoms with Gasteiger partial charge in [0.25, 0.3) is 0 Å². The van der Waals surface area contributed by atoms with E-state index in [1.165, 1.54) is 0 Å². The average molecular weight is 400 g/mol. The molecule has 144 valence electrons. The van der Waals surface area contributed by atoms with Gasteiger partial charge in [0.2, 0.25) is 11.8 Å². The van der Waals surface area contributed by atoms with Crippen LogP contribution in [0.15, 0.2) is 36.4 Å². The summed E-state index contributed by atoms with van der Waals surface area (Å²) in [6.45, 7) is -0.881. The first-order valence-electron chi connectivity index (χ1n) is 9.43. The summed E-state index contributed by atoms with van der Waals surface area (Å²) < 4.78 is 5.02. The van der Waals surface area contributed by atoms with Crippen LogP contribution in [0.3, 0.4) is 0 Å². The molecule has 0 unspecified atom stereocenters. The van der Waals surface area contributed by atoms with Gasteiger partial charge in [-0.05, 0) is 54.4 Å². The van der Waals surface area contributed by atoms with Crippen LogP contribution in [-0.4, -0.2) is 41.6 Å². The number of imide groups is 1. The third kappa shape index (κ3) is 2.62. The van der Waals surface area contributed by atoms with Gasteiger partial charge in [-0.15, -0.1) is 0 Å². The Kier molecular flexibility index (Phi) is 3.95. The van der Waals surface area contributed by atoms with Crippen LogP contribution in [0, 0.1) is 35.5 Å². The fraction of sp³-hybridized carbons (Fsp3) is 0.429. The quantitative estimate of drug-likeness (QED) is 0.328. The fourth-order valence-corrected chi connectivity index (χ4v) is 5.34. The maximum atomic E-state index is 12.8. The molecule has 5 aliphatic rings. The van der Waals surface area contributed by atoms with E-state index in [-0.39, 0.29) is 41.3 Å². The molecule has 28 heavy (non-hydrogen) atoms. The van der Waals surface area contributed by atoms with Crippen LogP contribution in [0.25, 0.3) is 0 Å². The van der Waals surface area contributed by atoms with Gasteiger partial charge in [0.05, 0.1) is 11.8 Å². The van der Waals surface area contributed by atoms with Crippen molar-refractivity contribution < 1.29 is 23.9 Å². The SMILES string of the molecule is O=C(CN1C(=O)[C@H]2[C@@H]3C=C[C@@H]([C@H]4C[C@H]34)[C@@H]2C1=O)OCC(=O)c1ccc(Cl)cc1. The summed E-state index contributed by atoms with van der Waals surface area (Å²) in [7, 11) is 0. The molecule has 1 aromatic carbocycles. The average Bonchev–Trinajstić information content (AvgIpc) is 3.48. The molecule has 6 rings (SSSR count). The molecule has 0 aromatic heterocycles. The minimum Gasteiger partial charge on any atom is -0.456 e. The van der Waals surface area contributed by atoms with E-state index in [0.717, 1.165) is 11.3 Å². The van der Waals surface area contributed by atoms with Crippen molar-refractivity contribution in [2.75, 3.05) is 13.2 Å². The lowest BCUT2D eigenvalue weighted by Crippen LogP contribution is -2.40. The number of carbonyl (C=O) groups excluding carboxylic acids is 4. The summed E-state index contributed by atoms with van der Waals surface area (Å²) >= 11 is 5.78. The summed E-state index contributed by atoms with van der Waals surface area (Å²) in [5, 5.41) is 0.502. The summed E-state index contributed by atoms with van der Waals surface area (Å²) in [4.78, 5) is 50.9. The van der Waals surface area contributed by atoms with Crippen LogP contribution in [0.4, 0.5) is 0 Å². The van der Waals surface area contributed by atoms with E-state index in [0.29, 0.717) is 22.4 Å². The second-order valence-corrected chi connectivity index (χ2v) is 8.44. The zero-order valence-electron chi connectivity index (χ0n) is 14.9. The smallest absolute Gasteiger partial charge is 0.326 e. The number of Topliss-reactive ketones (excluding diaryl/α,β-unsaturated/α-hetero) is 1. The number of rotatable bonds is 5. The zero-order chi connectivity index (χ0) is 19.6. The predicted molar refractivity (Wildman–Crippen MR) is 98.2 cm³/mol. The number of likely N-dealkylation sites (tertiary alicyclic amines) is 1. The number of esters is 1. The molecule has 0 N–H and O–H groups in total.